The van der Waals surface area contributed by atoms with Gasteiger partial charge in [0.2, 0.25) is 5.91 Å². The van der Waals surface area contributed by atoms with Gasteiger partial charge in [0.05, 0.1) is 6.04 Å². The lowest BCUT2D eigenvalue weighted by Gasteiger charge is -2.15. The number of hydrogen-bond acceptors (Lipinski definition) is 2. The highest BCUT2D eigenvalue weighted by atomic mass is 35.5. The molecule has 0 aliphatic rings. The molecule has 3 nitrogen and oxygen atoms in total. The minimum atomic E-state index is -0.111. The van der Waals surface area contributed by atoms with Crippen molar-refractivity contribution in [3.05, 3.63) is 34.9 Å². The normalized spacial score (nSPS) is 12.2. The van der Waals surface area contributed by atoms with Crippen LogP contribution < -0.4 is 5.32 Å². The van der Waals surface area contributed by atoms with E-state index in [-0.39, 0.29) is 18.6 Å². The summed E-state index contributed by atoms with van der Waals surface area (Å²) in [5.41, 5.74) is 0.904. The average Bonchev–Trinajstić information content (AvgIpc) is 2.26. The van der Waals surface area contributed by atoms with E-state index in [1.165, 1.54) is 0 Å². The molecule has 0 aliphatic carbocycles. The summed E-state index contributed by atoms with van der Waals surface area (Å²) in [4.78, 5) is 11.4. The Morgan fingerprint density at radius 2 is 2.19 bits per heavy atom. The van der Waals surface area contributed by atoms with Crippen LogP contribution in [0.1, 0.15) is 31.4 Å². The van der Waals surface area contributed by atoms with Crippen LogP contribution in [-0.4, -0.2) is 17.6 Å². The van der Waals surface area contributed by atoms with Crippen LogP contribution in [0.25, 0.3) is 0 Å². The molecule has 0 aromatic heterocycles. The first-order valence-electron chi connectivity index (χ1n) is 5.29. The third-order valence-electron chi connectivity index (χ3n) is 2.31. The molecule has 0 bridgehead atoms. The molecule has 0 aliphatic heterocycles. The Morgan fingerprint density at radius 1 is 1.50 bits per heavy atom. The summed E-state index contributed by atoms with van der Waals surface area (Å²) in [6.45, 7) is 1.92. The van der Waals surface area contributed by atoms with Crippen molar-refractivity contribution in [1.82, 2.24) is 5.32 Å². The first-order valence-corrected chi connectivity index (χ1v) is 5.67. The Hall–Kier alpha value is -1.06. The molecule has 0 saturated heterocycles. The number of benzene rings is 1. The highest BCUT2D eigenvalue weighted by Gasteiger charge is 2.11. The van der Waals surface area contributed by atoms with Gasteiger partial charge < -0.3 is 10.4 Å². The van der Waals surface area contributed by atoms with Crippen molar-refractivity contribution in [2.75, 3.05) is 6.61 Å². The van der Waals surface area contributed by atoms with E-state index in [4.69, 9.17) is 16.7 Å². The number of hydrogen-bond donors (Lipinski definition) is 2. The Balaban J connectivity index is 2.55. The van der Waals surface area contributed by atoms with Crippen LogP contribution in [-0.2, 0) is 4.79 Å². The standard InChI is InChI=1S/C12H16ClNO2/c1-9(14-12(16)7-4-8-15)10-5-2-3-6-11(10)13/h2-3,5-6,9,15H,4,7-8H2,1H3,(H,14,16)/t9-/m1/s1. The molecule has 0 spiro atoms. The van der Waals surface area contributed by atoms with E-state index in [1.807, 2.05) is 25.1 Å². The molecular formula is C12H16ClNO2. The Bertz CT molecular complexity index is 355. The van der Waals surface area contributed by atoms with E-state index < -0.39 is 0 Å². The molecule has 16 heavy (non-hydrogen) atoms. The topological polar surface area (TPSA) is 49.3 Å². The van der Waals surface area contributed by atoms with E-state index >= 15 is 0 Å². The second-order valence-corrected chi connectivity index (χ2v) is 4.05. The number of nitrogens with one attached hydrogen (secondary N) is 1. The fourth-order valence-corrected chi connectivity index (χ4v) is 1.76. The number of halogens is 1. The van der Waals surface area contributed by atoms with Crippen LogP contribution in [0, 0.1) is 0 Å². The van der Waals surface area contributed by atoms with Crippen LogP contribution >= 0.6 is 11.6 Å². The molecule has 0 fully saturated rings. The van der Waals surface area contributed by atoms with Crippen LogP contribution in [0.5, 0.6) is 0 Å². The maximum atomic E-state index is 11.4. The van der Waals surface area contributed by atoms with Gasteiger partial charge in [0.1, 0.15) is 0 Å². The monoisotopic (exact) mass is 241 g/mol. The number of carbonyl (C=O) groups is 1. The van der Waals surface area contributed by atoms with Crippen molar-refractivity contribution in [2.24, 2.45) is 0 Å². The lowest BCUT2D eigenvalue weighted by Crippen LogP contribution is -2.26. The van der Waals surface area contributed by atoms with Gasteiger partial charge >= 0.3 is 0 Å². The molecule has 0 radical (unpaired) electrons. The molecule has 88 valence electrons. The minimum absolute atomic E-state index is 0.0356. The zero-order valence-corrected chi connectivity index (χ0v) is 10.00. The lowest BCUT2D eigenvalue weighted by atomic mass is 10.1. The van der Waals surface area contributed by atoms with E-state index in [1.54, 1.807) is 6.07 Å². The molecule has 1 amide bonds. The highest BCUT2D eigenvalue weighted by molar-refractivity contribution is 6.31. The molecule has 0 saturated carbocycles. The lowest BCUT2D eigenvalue weighted by molar-refractivity contribution is -0.122. The quantitative estimate of drug-likeness (QED) is 0.831. The number of carbonyl (C=O) groups excluding carboxylic acids is 1. The minimum Gasteiger partial charge on any atom is -0.396 e. The fourth-order valence-electron chi connectivity index (χ4n) is 1.46. The summed E-state index contributed by atoms with van der Waals surface area (Å²) in [6, 6.07) is 7.32. The third-order valence-corrected chi connectivity index (χ3v) is 2.66. The largest absolute Gasteiger partial charge is 0.396 e. The van der Waals surface area contributed by atoms with Gasteiger partial charge in [-0.15, -0.1) is 0 Å². The van der Waals surface area contributed by atoms with Crippen molar-refractivity contribution < 1.29 is 9.90 Å². The summed E-state index contributed by atoms with van der Waals surface area (Å²) in [5.74, 6) is -0.0681. The zero-order chi connectivity index (χ0) is 12.0. The van der Waals surface area contributed by atoms with Gasteiger partial charge in [0.25, 0.3) is 0 Å². The Labute approximate surface area is 100 Å². The molecule has 1 aromatic carbocycles. The summed E-state index contributed by atoms with van der Waals surface area (Å²) >= 11 is 6.02. The summed E-state index contributed by atoms with van der Waals surface area (Å²) in [6.07, 6.45) is 0.826. The van der Waals surface area contributed by atoms with Crippen molar-refractivity contribution >= 4 is 17.5 Å². The first kappa shape index (κ1) is 13.0. The summed E-state index contributed by atoms with van der Waals surface area (Å²) in [5, 5.41) is 12.1. The van der Waals surface area contributed by atoms with E-state index in [2.05, 4.69) is 5.32 Å². The Kier molecular flexibility index (Phi) is 5.29. The summed E-state index contributed by atoms with van der Waals surface area (Å²) < 4.78 is 0. The number of aliphatic hydroxyl groups is 1. The van der Waals surface area contributed by atoms with Gasteiger partial charge in [0.15, 0.2) is 0 Å². The second-order valence-electron chi connectivity index (χ2n) is 3.64. The van der Waals surface area contributed by atoms with Gasteiger partial charge in [0, 0.05) is 18.1 Å². The van der Waals surface area contributed by atoms with Crippen LogP contribution in [0.3, 0.4) is 0 Å². The molecule has 1 atom stereocenters. The molecule has 4 heteroatoms. The molecule has 0 heterocycles. The van der Waals surface area contributed by atoms with Crippen molar-refractivity contribution in [3.8, 4) is 0 Å². The van der Waals surface area contributed by atoms with Gasteiger partial charge in [-0.25, -0.2) is 0 Å². The molecule has 2 N–H and O–H groups in total. The van der Waals surface area contributed by atoms with E-state index in [0.29, 0.717) is 17.9 Å². The number of amides is 1. The average molecular weight is 242 g/mol. The zero-order valence-electron chi connectivity index (χ0n) is 9.24. The number of aliphatic hydroxyl groups excluding tert-OH is 1. The second kappa shape index (κ2) is 6.51. The predicted octanol–water partition coefficient (Wildman–Crippen LogP) is 2.29. The van der Waals surface area contributed by atoms with Crippen molar-refractivity contribution in [1.29, 1.82) is 0 Å². The summed E-state index contributed by atoms with van der Waals surface area (Å²) in [7, 11) is 0. The molecule has 1 rings (SSSR count). The maximum Gasteiger partial charge on any atom is 0.220 e. The molecular weight excluding hydrogens is 226 g/mol. The Morgan fingerprint density at radius 3 is 2.81 bits per heavy atom. The van der Waals surface area contributed by atoms with E-state index in [0.717, 1.165) is 5.56 Å². The predicted molar refractivity (Wildman–Crippen MR) is 64.3 cm³/mol. The van der Waals surface area contributed by atoms with Crippen molar-refractivity contribution in [2.45, 2.75) is 25.8 Å². The van der Waals surface area contributed by atoms with E-state index in [9.17, 15) is 4.79 Å². The van der Waals surface area contributed by atoms with Gasteiger partial charge in [-0.2, -0.15) is 0 Å². The fraction of sp³-hybridized carbons (Fsp3) is 0.417. The first-order chi connectivity index (χ1) is 7.65. The van der Waals surface area contributed by atoms with Crippen LogP contribution in [0.2, 0.25) is 5.02 Å². The number of rotatable bonds is 5. The maximum absolute atomic E-state index is 11.4. The smallest absolute Gasteiger partial charge is 0.220 e. The van der Waals surface area contributed by atoms with Gasteiger partial charge in [-0.1, -0.05) is 29.8 Å². The third kappa shape index (κ3) is 3.83. The van der Waals surface area contributed by atoms with Crippen LogP contribution in [0.15, 0.2) is 24.3 Å². The molecule has 0 unspecified atom stereocenters. The highest BCUT2D eigenvalue weighted by Crippen LogP contribution is 2.22. The molecule has 1 aromatic rings. The van der Waals surface area contributed by atoms with Crippen molar-refractivity contribution in [3.63, 3.8) is 0 Å². The van der Waals surface area contributed by atoms with Gasteiger partial charge in [-0.05, 0) is 25.0 Å². The van der Waals surface area contributed by atoms with Gasteiger partial charge in [-0.3, -0.25) is 4.79 Å². The van der Waals surface area contributed by atoms with Crippen LogP contribution in [0.4, 0.5) is 0 Å². The SMILES string of the molecule is C[C@@H](NC(=O)CCCO)c1ccccc1Cl.